The molecule has 4 aliphatic rings. The number of hydrogen-bond donors (Lipinski definition) is 0. The molecule has 4 fully saturated rings. The van der Waals surface area contributed by atoms with Crippen LogP contribution in [0.15, 0.2) is 0 Å². The maximum absolute atomic E-state index is 12.3. The van der Waals surface area contributed by atoms with Gasteiger partial charge in [-0.1, -0.05) is 13.8 Å². The lowest BCUT2D eigenvalue weighted by Gasteiger charge is -2.63. The van der Waals surface area contributed by atoms with Crippen LogP contribution in [0.1, 0.15) is 72.1 Å². The van der Waals surface area contributed by atoms with E-state index < -0.39 is 10.3 Å². The van der Waals surface area contributed by atoms with E-state index >= 15 is 0 Å². The van der Waals surface area contributed by atoms with Gasteiger partial charge in [0, 0.05) is 12.3 Å². The number of ketones is 2. The van der Waals surface area contributed by atoms with E-state index in [0.29, 0.717) is 30.0 Å². The van der Waals surface area contributed by atoms with Gasteiger partial charge in [0.1, 0.15) is 11.2 Å². The van der Waals surface area contributed by atoms with Crippen LogP contribution in [0.3, 0.4) is 0 Å². The van der Waals surface area contributed by atoms with Gasteiger partial charge in [0.05, 0.1) is 4.87 Å². The number of fused-ring (bicyclic) bond motifs is 5. The molecule has 0 aromatic heterocycles. The predicted octanol–water partition coefficient (Wildman–Crippen LogP) is 5.38. The van der Waals surface area contributed by atoms with Gasteiger partial charge in [-0.25, -0.2) is 0 Å². The normalized spacial score (nSPS) is 55.2. The molecule has 4 heteroatoms. The zero-order chi connectivity index (χ0) is 18.2. The van der Waals surface area contributed by atoms with Gasteiger partial charge in [-0.3, -0.25) is 9.59 Å². The van der Waals surface area contributed by atoms with Crippen LogP contribution < -0.4 is 0 Å². The van der Waals surface area contributed by atoms with Gasteiger partial charge in [-0.2, -0.15) is 0 Å². The molecule has 0 heterocycles. The number of carbonyl (C=O) groups is 2. The second-order valence-electron chi connectivity index (χ2n) is 9.81. The minimum atomic E-state index is -0.586. The maximum atomic E-state index is 12.3. The van der Waals surface area contributed by atoms with Crippen molar-refractivity contribution in [3.8, 4) is 0 Å². The van der Waals surface area contributed by atoms with E-state index in [2.05, 4.69) is 13.8 Å². The van der Waals surface area contributed by atoms with Crippen LogP contribution >= 0.6 is 23.2 Å². The number of halogens is 2. The van der Waals surface area contributed by atoms with Crippen LogP contribution in [0.5, 0.6) is 0 Å². The van der Waals surface area contributed by atoms with Gasteiger partial charge >= 0.3 is 0 Å². The molecule has 0 bridgehead atoms. The molecule has 0 aromatic rings. The maximum Gasteiger partial charge on any atom is 0.152 e. The van der Waals surface area contributed by atoms with E-state index in [1.807, 2.05) is 0 Å². The molecule has 0 aliphatic heterocycles. The van der Waals surface area contributed by atoms with Crippen molar-refractivity contribution in [3.63, 3.8) is 0 Å². The van der Waals surface area contributed by atoms with Crippen LogP contribution in [0.4, 0.5) is 0 Å². The van der Waals surface area contributed by atoms with E-state index in [4.69, 9.17) is 23.2 Å². The first-order valence-electron chi connectivity index (χ1n) is 10.0. The second-order valence-corrected chi connectivity index (χ2v) is 10.9. The smallest absolute Gasteiger partial charge is 0.152 e. The standard InChI is InChI=1S/C21H30Cl2O2/c1-12(24)14-4-5-15-13-6-11-21(23)18(22)17(25)8-10-20(21,3)16(13)7-9-19(14,15)2/h13-16,18H,4-11H2,1-3H3/t13-,14+,15-,16-,18?,19+,20+,21?/m0/s1. The summed E-state index contributed by atoms with van der Waals surface area (Å²) in [5.74, 6) is 2.55. The fourth-order valence-corrected chi connectivity index (χ4v) is 8.63. The van der Waals surface area contributed by atoms with Crippen LogP contribution in [-0.2, 0) is 9.59 Å². The van der Waals surface area contributed by atoms with E-state index in [1.165, 1.54) is 6.42 Å². The summed E-state index contributed by atoms with van der Waals surface area (Å²) < 4.78 is 0. The Morgan fingerprint density at radius 2 is 1.76 bits per heavy atom. The molecule has 25 heavy (non-hydrogen) atoms. The molecular formula is C21H30Cl2O2. The zero-order valence-corrected chi connectivity index (χ0v) is 17.1. The number of Topliss-reactive ketones (excluding diaryl/α,β-unsaturated/α-hetero) is 2. The molecule has 140 valence electrons. The third-order valence-electron chi connectivity index (χ3n) is 9.11. The van der Waals surface area contributed by atoms with Crippen LogP contribution in [0.2, 0.25) is 0 Å². The molecule has 2 unspecified atom stereocenters. The highest BCUT2D eigenvalue weighted by molar-refractivity contribution is 6.40. The molecule has 4 saturated carbocycles. The molecule has 8 atom stereocenters. The third kappa shape index (κ3) is 2.22. The number of rotatable bonds is 1. The predicted molar refractivity (Wildman–Crippen MR) is 101 cm³/mol. The van der Waals surface area contributed by atoms with Crippen LogP contribution in [-0.4, -0.2) is 21.8 Å². The fourth-order valence-electron chi connectivity index (χ4n) is 7.69. The van der Waals surface area contributed by atoms with E-state index in [0.717, 1.165) is 38.5 Å². The SMILES string of the molecule is CC(=O)[C@H]1CC[C@H]2[C@@H]3CCC4(Cl)C(Cl)C(=O)CC[C@]4(C)[C@H]3CC[C@]12C. The lowest BCUT2D eigenvalue weighted by Crippen LogP contribution is -2.64. The molecule has 4 rings (SSSR count). The number of alkyl halides is 2. The summed E-state index contributed by atoms with van der Waals surface area (Å²) in [7, 11) is 0. The van der Waals surface area contributed by atoms with Gasteiger partial charge in [0.25, 0.3) is 0 Å². The Bertz CT molecular complexity index is 619. The Balaban J connectivity index is 1.68. The minimum Gasteiger partial charge on any atom is -0.300 e. The van der Waals surface area contributed by atoms with Crippen molar-refractivity contribution < 1.29 is 9.59 Å². The van der Waals surface area contributed by atoms with E-state index in [1.54, 1.807) is 6.92 Å². The van der Waals surface area contributed by atoms with Crippen LogP contribution in [0.25, 0.3) is 0 Å². The molecule has 0 amide bonds. The highest BCUT2D eigenvalue weighted by atomic mass is 35.5. The summed E-state index contributed by atoms with van der Waals surface area (Å²) in [5, 5.41) is -0.546. The summed E-state index contributed by atoms with van der Waals surface area (Å²) in [4.78, 5) is 23.9. The zero-order valence-electron chi connectivity index (χ0n) is 15.6. The second kappa shape index (κ2) is 5.71. The van der Waals surface area contributed by atoms with E-state index in [9.17, 15) is 9.59 Å². The highest BCUT2D eigenvalue weighted by Gasteiger charge is 2.67. The largest absolute Gasteiger partial charge is 0.300 e. The summed E-state index contributed by atoms with van der Waals surface area (Å²) in [6.07, 6.45) is 7.82. The van der Waals surface area contributed by atoms with Crippen molar-refractivity contribution in [3.05, 3.63) is 0 Å². The lowest BCUT2D eigenvalue weighted by molar-refractivity contribution is -0.138. The van der Waals surface area contributed by atoms with E-state index in [-0.39, 0.29) is 22.5 Å². The Morgan fingerprint density at radius 1 is 1.04 bits per heavy atom. The van der Waals surface area contributed by atoms with Crippen molar-refractivity contribution in [1.82, 2.24) is 0 Å². The van der Waals surface area contributed by atoms with Crippen molar-refractivity contribution in [2.24, 2.45) is 34.5 Å². The first-order chi connectivity index (χ1) is 11.6. The Hall–Kier alpha value is -0.0800. The van der Waals surface area contributed by atoms with Crippen molar-refractivity contribution >= 4 is 34.8 Å². The molecule has 0 spiro atoms. The van der Waals surface area contributed by atoms with Gasteiger partial charge in [-0.15, -0.1) is 23.2 Å². The average Bonchev–Trinajstić information content (AvgIpc) is 2.91. The minimum absolute atomic E-state index is 0.0621. The lowest BCUT2D eigenvalue weighted by atomic mass is 9.44. The number of hydrogen-bond acceptors (Lipinski definition) is 2. The van der Waals surface area contributed by atoms with Crippen LogP contribution in [0, 0.1) is 34.5 Å². The Morgan fingerprint density at radius 3 is 2.44 bits per heavy atom. The summed E-state index contributed by atoms with van der Waals surface area (Å²) in [5.41, 5.74) is 0.105. The quantitative estimate of drug-likeness (QED) is 0.568. The molecule has 0 aromatic carbocycles. The van der Waals surface area contributed by atoms with Gasteiger partial charge in [0.15, 0.2) is 5.78 Å². The summed E-state index contributed by atoms with van der Waals surface area (Å²) in [6, 6.07) is 0. The van der Waals surface area contributed by atoms with Crippen molar-refractivity contribution in [2.45, 2.75) is 82.4 Å². The van der Waals surface area contributed by atoms with Crippen molar-refractivity contribution in [1.29, 1.82) is 0 Å². The van der Waals surface area contributed by atoms with Gasteiger partial charge < -0.3 is 0 Å². The van der Waals surface area contributed by atoms with Gasteiger partial charge in [-0.05, 0) is 80.5 Å². The number of carbonyl (C=O) groups excluding carboxylic acids is 2. The third-order valence-corrected chi connectivity index (χ3v) is 10.7. The van der Waals surface area contributed by atoms with Crippen molar-refractivity contribution in [2.75, 3.05) is 0 Å². The summed E-state index contributed by atoms with van der Waals surface area (Å²) >= 11 is 13.7. The van der Waals surface area contributed by atoms with Gasteiger partial charge in [0.2, 0.25) is 0 Å². The average molecular weight is 385 g/mol. The monoisotopic (exact) mass is 384 g/mol. The molecule has 0 radical (unpaired) electrons. The molecule has 0 N–H and O–H groups in total. The first-order valence-corrected chi connectivity index (χ1v) is 10.8. The Labute approximate surface area is 161 Å². The molecule has 2 nitrogen and oxygen atoms in total. The topological polar surface area (TPSA) is 34.1 Å². The molecular weight excluding hydrogens is 355 g/mol. The highest BCUT2D eigenvalue weighted by Crippen LogP contribution is 2.69. The Kier molecular flexibility index (Phi) is 4.18. The summed E-state index contributed by atoms with van der Waals surface area (Å²) in [6.45, 7) is 6.45. The molecule has 0 saturated heterocycles. The first kappa shape index (κ1) is 18.3. The fraction of sp³-hybridized carbons (Fsp3) is 0.905. The molecule has 4 aliphatic carbocycles.